The zero-order chi connectivity index (χ0) is 25.9. The van der Waals surface area contributed by atoms with Gasteiger partial charge in [0.1, 0.15) is 12.4 Å². The summed E-state index contributed by atoms with van der Waals surface area (Å²) in [5, 5.41) is 19.4. The summed E-state index contributed by atoms with van der Waals surface area (Å²) in [6, 6.07) is 13.1. The second kappa shape index (κ2) is 10.8. The molecule has 0 spiro atoms. The minimum Gasteiger partial charge on any atom is -0.489 e. The van der Waals surface area contributed by atoms with Gasteiger partial charge in [0.2, 0.25) is 0 Å². The van der Waals surface area contributed by atoms with Crippen molar-refractivity contribution in [1.29, 1.82) is 0 Å². The molecule has 192 valence electrons. The van der Waals surface area contributed by atoms with Crippen molar-refractivity contribution in [2.45, 2.75) is 61.8 Å². The summed E-state index contributed by atoms with van der Waals surface area (Å²) < 4.78 is 33.4. The fraction of sp³-hybridized carbons (Fsp3) is 0.500. The molecule has 0 aliphatic carbocycles. The van der Waals surface area contributed by atoms with Gasteiger partial charge in [-0.15, -0.1) is 11.8 Å². The molecular weight excluding hydrogens is 486 g/mol. The molecule has 0 saturated carbocycles. The third kappa shape index (κ3) is 5.95. The predicted molar refractivity (Wildman–Crippen MR) is 140 cm³/mol. The zero-order valence-corrected chi connectivity index (χ0v) is 22.4. The molecule has 0 bridgehead atoms. The lowest BCUT2D eigenvalue weighted by Gasteiger charge is -2.36. The number of hydrogen-bond acceptors (Lipinski definition) is 7. The van der Waals surface area contributed by atoms with E-state index in [9.17, 15) is 23.4 Å². The van der Waals surface area contributed by atoms with Gasteiger partial charge in [0.25, 0.3) is 0 Å². The number of carbonyl (C=O) groups is 1. The second-order valence-electron chi connectivity index (χ2n) is 9.48. The van der Waals surface area contributed by atoms with Crippen LogP contribution in [-0.2, 0) is 14.6 Å². The smallest absolute Gasteiger partial charge is 0.339 e. The maximum absolute atomic E-state index is 13.8. The van der Waals surface area contributed by atoms with Gasteiger partial charge < -0.3 is 19.8 Å². The summed E-state index contributed by atoms with van der Waals surface area (Å²) >= 11 is 1.38. The molecule has 2 atom stereocenters. The molecule has 3 rings (SSSR count). The van der Waals surface area contributed by atoms with Crippen molar-refractivity contribution in [2.24, 2.45) is 5.41 Å². The van der Waals surface area contributed by atoms with Crippen LogP contribution in [0.25, 0.3) is 0 Å². The lowest BCUT2D eigenvalue weighted by Crippen LogP contribution is -2.41. The topological polar surface area (TPSA) is 104 Å². The molecule has 9 heteroatoms. The van der Waals surface area contributed by atoms with Crippen molar-refractivity contribution >= 4 is 38.9 Å². The first kappa shape index (κ1) is 27.4. The minimum atomic E-state index is -3.70. The number of carboxylic acid groups (broad SMARTS) is 1. The number of aliphatic carboxylic acids is 1. The number of para-hydroxylation sites is 1. The molecule has 1 aliphatic rings. The average molecular weight is 522 g/mol. The van der Waals surface area contributed by atoms with Crippen molar-refractivity contribution in [3.63, 3.8) is 0 Å². The Morgan fingerprint density at radius 1 is 1.23 bits per heavy atom. The molecule has 0 amide bonds. The Bertz CT molecular complexity index is 1150. The van der Waals surface area contributed by atoms with Gasteiger partial charge in [-0.3, -0.25) is 0 Å². The van der Waals surface area contributed by atoms with E-state index in [1.165, 1.54) is 17.8 Å². The summed E-state index contributed by atoms with van der Waals surface area (Å²) in [6.45, 7) is 5.38. The molecule has 1 heterocycles. The second-order valence-corrected chi connectivity index (χ2v) is 12.3. The van der Waals surface area contributed by atoms with Gasteiger partial charge in [0.15, 0.2) is 15.4 Å². The summed E-state index contributed by atoms with van der Waals surface area (Å²) in [4.78, 5) is 14.3. The van der Waals surface area contributed by atoms with Crippen LogP contribution in [0, 0.1) is 5.41 Å². The van der Waals surface area contributed by atoms with Crippen LogP contribution in [0.4, 0.5) is 11.4 Å². The summed E-state index contributed by atoms with van der Waals surface area (Å²) in [5.41, 5.74) is -1.02. The maximum atomic E-state index is 13.8. The molecule has 0 radical (unpaired) electrons. The number of nitrogens with zero attached hydrogens (tertiary/aromatic N) is 1. The number of rotatable bonds is 10. The zero-order valence-electron chi connectivity index (χ0n) is 20.8. The molecule has 2 aromatic carbocycles. The standard InChI is InChI=1S/C26H35NO6S2/c1-5-7-13-26(6-2)16-27(19-11-9-8-10-12-19)20-14-22(34-4)21(15-23(20)35(31,32)18-26)33-17-25(3,30)24(28)29/h8-12,14-15,30H,5-7,13,16-18H2,1-4H3,(H,28,29). The van der Waals surface area contributed by atoms with Crippen LogP contribution in [-0.4, -0.2) is 55.4 Å². The normalized spacial score (nSPS) is 21.0. The van der Waals surface area contributed by atoms with E-state index in [0.717, 1.165) is 38.3 Å². The highest BCUT2D eigenvalue weighted by Gasteiger charge is 2.42. The van der Waals surface area contributed by atoms with Crippen LogP contribution in [0.1, 0.15) is 46.5 Å². The predicted octanol–water partition coefficient (Wildman–Crippen LogP) is 5.13. The van der Waals surface area contributed by atoms with Gasteiger partial charge in [-0.05, 0) is 44.2 Å². The first-order valence-electron chi connectivity index (χ1n) is 11.8. The van der Waals surface area contributed by atoms with Crippen LogP contribution >= 0.6 is 11.8 Å². The number of aliphatic hydroxyl groups is 1. The van der Waals surface area contributed by atoms with Gasteiger partial charge in [0.05, 0.1) is 21.2 Å². The minimum absolute atomic E-state index is 0.0255. The van der Waals surface area contributed by atoms with Gasteiger partial charge in [-0.2, -0.15) is 0 Å². The van der Waals surface area contributed by atoms with E-state index >= 15 is 0 Å². The first-order chi connectivity index (χ1) is 16.5. The molecule has 1 aliphatic heterocycles. The Morgan fingerprint density at radius 3 is 2.49 bits per heavy atom. The van der Waals surface area contributed by atoms with Crippen LogP contribution in [0.15, 0.2) is 52.3 Å². The van der Waals surface area contributed by atoms with Crippen molar-refractivity contribution < 1.29 is 28.2 Å². The van der Waals surface area contributed by atoms with Gasteiger partial charge in [0, 0.05) is 23.7 Å². The van der Waals surface area contributed by atoms with Gasteiger partial charge in [-0.1, -0.05) is 44.9 Å². The van der Waals surface area contributed by atoms with Crippen molar-refractivity contribution in [1.82, 2.24) is 0 Å². The number of ether oxygens (including phenoxy) is 1. The number of thioether (sulfide) groups is 1. The highest BCUT2D eigenvalue weighted by molar-refractivity contribution is 7.98. The Balaban J connectivity index is 2.19. The highest BCUT2D eigenvalue weighted by Crippen LogP contribution is 2.47. The molecule has 2 unspecified atom stereocenters. The lowest BCUT2D eigenvalue weighted by atomic mass is 9.81. The van der Waals surface area contributed by atoms with E-state index in [-0.39, 0.29) is 16.4 Å². The molecule has 2 N–H and O–H groups in total. The molecule has 0 fully saturated rings. The number of unbranched alkanes of at least 4 members (excludes halogenated alkanes) is 1. The van der Waals surface area contributed by atoms with Crippen LogP contribution in [0.5, 0.6) is 5.75 Å². The Labute approximate surface area is 212 Å². The Morgan fingerprint density at radius 2 is 1.91 bits per heavy atom. The summed E-state index contributed by atoms with van der Waals surface area (Å²) in [5.74, 6) is -1.14. The number of sulfone groups is 1. The number of carboxylic acids is 1. The Kier molecular flexibility index (Phi) is 8.44. The number of fused-ring (bicyclic) bond motifs is 1. The first-order valence-corrected chi connectivity index (χ1v) is 14.7. The van der Waals surface area contributed by atoms with E-state index in [2.05, 4.69) is 18.7 Å². The van der Waals surface area contributed by atoms with Crippen LogP contribution in [0.3, 0.4) is 0 Å². The van der Waals surface area contributed by atoms with Crippen molar-refractivity contribution in [3.05, 3.63) is 42.5 Å². The van der Waals surface area contributed by atoms with Crippen molar-refractivity contribution in [2.75, 3.05) is 30.1 Å². The summed E-state index contributed by atoms with van der Waals surface area (Å²) in [6.07, 6.45) is 5.30. The average Bonchev–Trinajstić information content (AvgIpc) is 2.93. The SMILES string of the molecule is CCCCC1(CC)CN(c2ccccc2)c2cc(SC)c(OCC(C)(O)C(=O)O)cc2S(=O)(=O)C1. The number of hydrogen-bond donors (Lipinski definition) is 2. The van der Waals surface area contributed by atoms with Gasteiger partial charge >= 0.3 is 5.97 Å². The van der Waals surface area contributed by atoms with E-state index in [1.807, 2.05) is 36.6 Å². The van der Waals surface area contributed by atoms with E-state index in [4.69, 9.17) is 4.74 Å². The van der Waals surface area contributed by atoms with E-state index < -0.39 is 33.4 Å². The van der Waals surface area contributed by atoms with E-state index in [1.54, 1.807) is 6.07 Å². The molecule has 35 heavy (non-hydrogen) atoms. The quantitative estimate of drug-likeness (QED) is 0.415. The number of benzene rings is 2. The molecule has 7 nitrogen and oxygen atoms in total. The van der Waals surface area contributed by atoms with Crippen molar-refractivity contribution in [3.8, 4) is 5.75 Å². The summed E-state index contributed by atoms with van der Waals surface area (Å²) in [7, 11) is -3.70. The lowest BCUT2D eigenvalue weighted by molar-refractivity contribution is -0.159. The fourth-order valence-corrected chi connectivity index (χ4v) is 7.15. The largest absolute Gasteiger partial charge is 0.489 e. The van der Waals surface area contributed by atoms with Gasteiger partial charge in [-0.25, -0.2) is 13.2 Å². The highest BCUT2D eigenvalue weighted by atomic mass is 32.2. The molecular formula is C26H35NO6S2. The molecule has 0 saturated heterocycles. The Hall–Kier alpha value is -2.23. The number of anilines is 2. The fourth-order valence-electron chi connectivity index (χ4n) is 4.42. The van der Waals surface area contributed by atoms with Crippen LogP contribution in [0.2, 0.25) is 0 Å². The molecule has 0 aromatic heterocycles. The molecule has 2 aromatic rings. The third-order valence-corrected chi connectivity index (χ3v) is 9.46. The van der Waals surface area contributed by atoms with Crippen LogP contribution < -0.4 is 9.64 Å². The maximum Gasteiger partial charge on any atom is 0.339 e. The monoisotopic (exact) mass is 521 g/mol. The third-order valence-electron chi connectivity index (χ3n) is 6.71. The van der Waals surface area contributed by atoms with E-state index in [0.29, 0.717) is 17.1 Å².